The van der Waals surface area contributed by atoms with Crippen molar-refractivity contribution < 1.29 is 9.59 Å². The number of hydrogen-bond acceptors (Lipinski definition) is 2. The van der Waals surface area contributed by atoms with Gasteiger partial charge in [-0.15, -0.1) is 0 Å². The Morgan fingerprint density at radius 3 is 1.56 bits per heavy atom. The van der Waals surface area contributed by atoms with Crippen molar-refractivity contribution in [2.24, 2.45) is 0 Å². The molecule has 0 heterocycles. The van der Waals surface area contributed by atoms with Crippen LogP contribution in [0.3, 0.4) is 0 Å². The number of hydrogen-bond donors (Lipinski definition) is 2. The molecular formula is C12H14Cl2N2O2. The van der Waals surface area contributed by atoms with Crippen LogP contribution in [0.1, 0.15) is 34.6 Å². The number of amides is 2. The molecule has 18 heavy (non-hydrogen) atoms. The zero-order valence-corrected chi connectivity index (χ0v) is 11.7. The van der Waals surface area contributed by atoms with Crippen LogP contribution >= 0.6 is 23.2 Å². The van der Waals surface area contributed by atoms with Gasteiger partial charge in [0.25, 0.3) is 11.8 Å². The average Bonchev–Trinajstić information content (AvgIpc) is 2.32. The molecule has 6 heteroatoms. The van der Waals surface area contributed by atoms with Gasteiger partial charge in [0.2, 0.25) is 0 Å². The molecular weight excluding hydrogens is 275 g/mol. The molecule has 0 radical (unpaired) electrons. The standard InChI is InChI=1S/C12H14Cl2N2O2/c1-3-15-11(17)7-5-9(13)10(14)6-8(7)12(18)16-4-2/h5-6H,3-4H2,1-2H3,(H,15,17)(H,16,18). The van der Waals surface area contributed by atoms with E-state index >= 15 is 0 Å². The third kappa shape index (κ3) is 3.37. The van der Waals surface area contributed by atoms with Gasteiger partial charge in [-0.1, -0.05) is 23.2 Å². The van der Waals surface area contributed by atoms with Gasteiger partial charge in [0.15, 0.2) is 0 Å². The van der Waals surface area contributed by atoms with E-state index in [1.165, 1.54) is 12.1 Å². The first-order valence-electron chi connectivity index (χ1n) is 5.56. The van der Waals surface area contributed by atoms with Gasteiger partial charge in [0, 0.05) is 13.1 Å². The molecule has 1 aromatic rings. The molecule has 98 valence electrons. The fraction of sp³-hybridized carbons (Fsp3) is 0.333. The number of nitrogens with one attached hydrogen (secondary N) is 2. The molecule has 0 aliphatic heterocycles. The molecule has 1 aromatic carbocycles. The van der Waals surface area contributed by atoms with Crippen molar-refractivity contribution in [2.45, 2.75) is 13.8 Å². The molecule has 4 nitrogen and oxygen atoms in total. The van der Waals surface area contributed by atoms with Crippen molar-refractivity contribution in [3.8, 4) is 0 Å². The molecule has 0 unspecified atom stereocenters. The maximum atomic E-state index is 11.8. The van der Waals surface area contributed by atoms with E-state index < -0.39 is 0 Å². The number of carbonyl (C=O) groups is 2. The summed E-state index contributed by atoms with van der Waals surface area (Å²) in [6.07, 6.45) is 0. The Bertz CT molecular complexity index is 432. The van der Waals surface area contributed by atoms with Crippen LogP contribution in [0.15, 0.2) is 12.1 Å². The second-order valence-electron chi connectivity index (χ2n) is 3.53. The highest BCUT2D eigenvalue weighted by Crippen LogP contribution is 2.26. The second kappa shape index (κ2) is 6.61. The molecule has 2 N–H and O–H groups in total. The highest BCUT2D eigenvalue weighted by Gasteiger charge is 2.18. The van der Waals surface area contributed by atoms with Crippen LogP contribution in [-0.4, -0.2) is 24.9 Å². The Morgan fingerprint density at radius 2 is 1.28 bits per heavy atom. The largest absolute Gasteiger partial charge is 0.352 e. The van der Waals surface area contributed by atoms with Gasteiger partial charge in [-0.25, -0.2) is 0 Å². The summed E-state index contributed by atoms with van der Waals surface area (Å²) in [6, 6.07) is 2.80. The quantitative estimate of drug-likeness (QED) is 0.894. The Balaban J connectivity index is 3.25. The lowest BCUT2D eigenvalue weighted by Gasteiger charge is -2.10. The molecule has 1 rings (SSSR count). The van der Waals surface area contributed by atoms with E-state index in [1.807, 2.05) is 0 Å². The van der Waals surface area contributed by atoms with Crippen LogP contribution in [-0.2, 0) is 0 Å². The second-order valence-corrected chi connectivity index (χ2v) is 4.35. The third-order valence-electron chi connectivity index (χ3n) is 2.22. The van der Waals surface area contributed by atoms with Crippen molar-refractivity contribution in [1.82, 2.24) is 10.6 Å². The molecule has 0 spiro atoms. The monoisotopic (exact) mass is 288 g/mol. The van der Waals surface area contributed by atoms with E-state index in [-0.39, 0.29) is 33.0 Å². The Morgan fingerprint density at radius 1 is 0.944 bits per heavy atom. The first kappa shape index (κ1) is 14.8. The Hall–Kier alpha value is -1.26. The van der Waals surface area contributed by atoms with Crippen molar-refractivity contribution in [1.29, 1.82) is 0 Å². The fourth-order valence-electron chi connectivity index (χ4n) is 1.43. The van der Waals surface area contributed by atoms with Crippen LogP contribution in [0.2, 0.25) is 10.0 Å². The van der Waals surface area contributed by atoms with Crippen LogP contribution in [0.5, 0.6) is 0 Å². The van der Waals surface area contributed by atoms with Crippen molar-refractivity contribution in [3.63, 3.8) is 0 Å². The normalized spacial score (nSPS) is 10.0. The van der Waals surface area contributed by atoms with E-state index in [1.54, 1.807) is 13.8 Å². The van der Waals surface area contributed by atoms with Crippen LogP contribution in [0.4, 0.5) is 0 Å². The third-order valence-corrected chi connectivity index (χ3v) is 2.95. The van der Waals surface area contributed by atoms with E-state index in [0.29, 0.717) is 13.1 Å². The van der Waals surface area contributed by atoms with Gasteiger partial charge >= 0.3 is 0 Å². The molecule has 0 saturated heterocycles. The minimum Gasteiger partial charge on any atom is -0.352 e. The minimum absolute atomic E-state index is 0.220. The van der Waals surface area contributed by atoms with Crippen molar-refractivity contribution in [2.75, 3.05) is 13.1 Å². The summed E-state index contributed by atoms with van der Waals surface area (Å²) in [5.41, 5.74) is 0.439. The van der Waals surface area contributed by atoms with Crippen LogP contribution in [0.25, 0.3) is 0 Å². The summed E-state index contributed by atoms with van der Waals surface area (Å²) >= 11 is 11.7. The van der Waals surface area contributed by atoms with Gasteiger partial charge in [0.1, 0.15) is 0 Å². The van der Waals surface area contributed by atoms with Crippen molar-refractivity contribution >= 4 is 35.0 Å². The highest BCUT2D eigenvalue weighted by atomic mass is 35.5. The van der Waals surface area contributed by atoms with Gasteiger partial charge < -0.3 is 10.6 Å². The lowest BCUT2D eigenvalue weighted by molar-refractivity contribution is 0.0921. The number of carbonyl (C=O) groups excluding carboxylic acids is 2. The molecule has 0 fully saturated rings. The summed E-state index contributed by atoms with van der Waals surface area (Å²) in [5.74, 6) is -0.699. The summed E-state index contributed by atoms with van der Waals surface area (Å²) in [7, 11) is 0. The smallest absolute Gasteiger partial charge is 0.252 e. The molecule has 0 aromatic heterocycles. The summed E-state index contributed by atoms with van der Waals surface area (Å²) in [5, 5.41) is 5.73. The van der Waals surface area contributed by atoms with Gasteiger partial charge in [-0.2, -0.15) is 0 Å². The lowest BCUT2D eigenvalue weighted by Crippen LogP contribution is -2.29. The highest BCUT2D eigenvalue weighted by molar-refractivity contribution is 6.42. The lowest BCUT2D eigenvalue weighted by atomic mass is 10.1. The maximum absolute atomic E-state index is 11.8. The van der Waals surface area contributed by atoms with E-state index in [2.05, 4.69) is 10.6 Å². The molecule has 2 amide bonds. The van der Waals surface area contributed by atoms with Gasteiger partial charge in [-0.05, 0) is 26.0 Å². The minimum atomic E-state index is -0.350. The van der Waals surface area contributed by atoms with Crippen molar-refractivity contribution in [3.05, 3.63) is 33.3 Å². The predicted molar refractivity (Wildman–Crippen MR) is 72.5 cm³/mol. The molecule has 0 saturated carbocycles. The molecule has 0 bridgehead atoms. The fourth-order valence-corrected chi connectivity index (χ4v) is 1.76. The molecule has 0 aliphatic carbocycles. The summed E-state index contributed by atoms with van der Waals surface area (Å²) < 4.78 is 0. The average molecular weight is 289 g/mol. The number of rotatable bonds is 4. The topological polar surface area (TPSA) is 58.2 Å². The first-order chi connectivity index (χ1) is 8.51. The zero-order valence-electron chi connectivity index (χ0n) is 10.1. The van der Waals surface area contributed by atoms with Crippen LogP contribution in [0, 0.1) is 0 Å². The van der Waals surface area contributed by atoms with E-state index in [0.717, 1.165) is 0 Å². The number of halogens is 2. The summed E-state index contributed by atoms with van der Waals surface area (Å²) in [4.78, 5) is 23.7. The van der Waals surface area contributed by atoms with Gasteiger partial charge in [0.05, 0.1) is 21.2 Å². The predicted octanol–water partition coefficient (Wildman–Crippen LogP) is 2.49. The van der Waals surface area contributed by atoms with E-state index in [4.69, 9.17) is 23.2 Å². The SMILES string of the molecule is CCNC(=O)c1cc(Cl)c(Cl)cc1C(=O)NCC. The Labute approximate surface area is 116 Å². The van der Waals surface area contributed by atoms with Crippen LogP contribution < -0.4 is 10.6 Å². The molecule has 0 aliphatic rings. The zero-order chi connectivity index (χ0) is 13.7. The summed E-state index contributed by atoms with van der Waals surface area (Å²) in [6.45, 7) is 4.52. The maximum Gasteiger partial charge on any atom is 0.252 e. The molecule has 0 atom stereocenters. The number of benzene rings is 1. The van der Waals surface area contributed by atoms with E-state index in [9.17, 15) is 9.59 Å². The van der Waals surface area contributed by atoms with Gasteiger partial charge in [-0.3, -0.25) is 9.59 Å². The first-order valence-corrected chi connectivity index (χ1v) is 6.32. The Kier molecular flexibility index (Phi) is 5.44.